The molecule has 0 saturated carbocycles. The van der Waals surface area contributed by atoms with Crippen LogP contribution in [0.5, 0.6) is 0 Å². The average Bonchev–Trinajstić information content (AvgIpc) is 2.40. The molecule has 0 fully saturated rings. The van der Waals surface area contributed by atoms with Crippen molar-refractivity contribution in [1.82, 2.24) is 0 Å². The van der Waals surface area contributed by atoms with Crippen LogP contribution in [0.3, 0.4) is 0 Å². The summed E-state index contributed by atoms with van der Waals surface area (Å²) in [5.74, 6) is -0.240. The average molecular weight is 307 g/mol. The fourth-order valence-electron chi connectivity index (χ4n) is 1.97. The van der Waals surface area contributed by atoms with Crippen LogP contribution in [0.25, 0.3) is 0 Å². The van der Waals surface area contributed by atoms with Crippen molar-refractivity contribution in [3.8, 4) is 0 Å². The largest absolute Gasteiger partial charge is 0.381 e. The Labute approximate surface area is 124 Å². The van der Waals surface area contributed by atoms with Crippen molar-refractivity contribution in [2.45, 2.75) is 25.3 Å². The van der Waals surface area contributed by atoms with Crippen molar-refractivity contribution in [2.24, 2.45) is 0 Å². The molecule has 2 aromatic rings. The lowest BCUT2D eigenvalue weighted by Crippen LogP contribution is -2.04. The fourth-order valence-corrected chi connectivity index (χ4v) is 2.61. The molecule has 0 aliphatic rings. The summed E-state index contributed by atoms with van der Waals surface area (Å²) in [5.41, 5.74) is 3.09. The number of hydrogen-bond donors (Lipinski definition) is 1. The molecule has 0 unspecified atom stereocenters. The maximum atomic E-state index is 13.5. The molecular weight excluding hydrogens is 289 g/mol. The Morgan fingerprint density at radius 3 is 2.33 bits per heavy atom. The minimum Gasteiger partial charge on any atom is -0.381 e. The van der Waals surface area contributed by atoms with E-state index in [1.165, 1.54) is 12.3 Å². The Morgan fingerprint density at radius 2 is 1.71 bits per heavy atom. The van der Waals surface area contributed by atoms with Gasteiger partial charge in [-0.1, -0.05) is 18.2 Å². The second-order valence-corrected chi connectivity index (χ2v) is 7.20. The number of aryl methyl sites for hydroxylation is 2. The summed E-state index contributed by atoms with van der Waals surface area (Å²) in [4.78, 5) is 0.269. The molecule has 112 valence electrons. The molecule has 0 bridgehead atoms. The van der Waals surface area contributed by atoms with E-state index in [9.17, 15) is 12.8 Å². The van der Waals surface area contributed by atoms with Crippen LogP contribution in [0.4, 0.5) is 10.1 Å². The Kier molecular flexibility index (Phi) is 4.32. The summed E-state index contributed by atoms with van der Waals surface area (Å²) in [6.45, 7) is 4.04. The molecule has 3 nitrogen and oxygen atoms in total. The van der Waals surface area contributed by atoms with Gasteiger partial charge < -0.3 is 5.32 Å². The first-order chi connectivity index (χ1) is 9.77. The fraction of sp³-hybridized carbons (Fsp3) is 0.250. The summed E-state index contributed by atoms with van der Waals surface area (Å²) in [6, 6.07) is 10.0. The van der Waals surface area contributed by atoms with E-state index in [4.69, 9.17) is 0 Å². The van der Waals surface area contributed by atoms with Crippen molar-refractivity contribution in [2.75, 3.05) is 11.6 Å². The predicted molar refractivity (Wildman–Crippen MR) is 82.8 cm³/mol. The molecule has 0 radical (unpaired) electrons. The third kappa shape index (κ3) is 3.82. The normalized spacial score (nSPS) is 11.4. The van der Waals surface area contributed by atoms with Crippen molar-refractivity contribution in [3.63, 3.8) is 0 Å². The van der Waals surface area contributed by atoms with Crippen LogP contribution in [-0.4, -0.2) is 14.7 Å². The van der Waals surface area contributed by atoms with Gasteiger partial charge in [0, 0.05) is 18.5 Å². The van der Waals surface area contributed by atoms with Gasteiger partial charge in [0.2, 0.25) is 0 Å². The number of sulfone groups is 1. The first-order valence-electron chi connectivity index (χ1n) is 6.57. The van der Waals surface area contributed by atoms with E-state index in [1.807, 2.05) is 13.0 Å². The Balaban J connectivity index is 2.21. The van der Waals surface area contributed by atoms with Crippen LogP contribution < -0.4 is 5.32 Å². The van der Waals surface area contributed by atoms with Gasteiger partial charge in [0.1, 0.15) is 5.82 Å². The molecule has 2 aromatic carbocycles. The van der Waals surface area contributed by atoms with Crippen LogP contribution in [0.1, 0.15) is 16.7 Å². The number of hydrogen-bond acceptors (Lipinski definition) is 3. The van der Waals surface area contributed by atoms with Gasteiger partial charge in [-0.05, 0) is 48.7 Å². The first-order valence-corrected chi connectivity index (χ1v) is 8.46. The van der Waals surface area contributed by atoms with Gasteiger partial charge in [0.05, 0.1) is 4.90 Å². The van der Waals surface area contributed by atoms with Crippen molar-refractivity contribution in [1.29, 1.82) is 0 Å². The monoisotopic (exact) mass is 307 g/mol. The van der Waals surface area contributed by atoms with Crippen LogP contribution in [0.15, 0.2) is 41.3 Å². The molecule has 0 aromatic heterocycles. The highest BCUT2D eigenvalue weighted by Gasteiger charge is 2.09. The third-order valence-corrected chi connectivity index (χ3v) is 4.47. The first kappa shape index (κ1) is 15.5. The van der Waals surface area contributed by atoms with E-state index in [0.29, 0.717) is 12.1 Å². The smallest absolute Gasteiger partial charge is 0.175 e. The zero-order valence-electron chi connectivity index (χ0n) is 12.3. The van der Waals surface area contributed by atoms with Crippen LogP contribution >= 0.6 is 0 Å². The summed E-state index contributed by atoms with van der Waals surface area (Å²) in [7, 11) is -3.24. The van der Waals surface area contributed by atoms with Gasteiger partial charge in [-0.2, -0.15) is 0 Å². The summed E-state index contributed by atoms with van der Waals surface area (Å²) >= 11 is 0. The van der Waals surface area contributed by atoms with Crippen molar-refractivity contribution in [3.05, 3.63) is 58.9 Å². The van der Waals surface area contributed by atoms with Crippen LogP contribution in [0, 0.1) is 19.7 Å². The highest BCUT2D eigenvalue weighted by atomic mass is 32.2. The van der Waals surface area contributed by atoms with Crippen molar-refractivity contribution < 1.29 is 12.8 Å². The van der Waals surface area contributed by atoms with E-state index in [0.717, 1.165) is 16.8 Å². The van der Waals surface area contributed by atoms with Gasteiger partial charge in [-0.15, -0.1) is 0 Å². The molecule has 0 saturated heterocycles. The van der Waals surface area contributed by atoms with E-state index < -0.39 is 9.84 Å². The van der Waals surface area contributed by atoms with Gasteiger partial charge in [-0.3, -0.25) is 0 Å². The zero-order chi connectivity index (χ0) is 15.6. The summed E-state index contributed by atoms with van der Waals surface area (Å²) in [6.07, 6.45) is 1.18. The lowest BCUT2D eigenvalue weighted by molar-refractivity contribution is 0.602. The van der Waals surface area contributed by atoms with Crippen molar-refractivity contribution >= 4 is 15.5 Å². The summed E-state index contributed by atoms with van der Waals surface area (Å²) in [5, 5.41) is 3.16. The summed E-state index contributed by atoms with van der Waals surface area (Å²) < 4.78 is 36.6. The van der Waals surface area contributed by atoms with Crippen LogP contribution in [-0.2, 0) is 16.4 Å². The van der Waals surface area contributed by atoms with E-state index >= 15 is 0 Å². The number of anilines is 1. The van der Waals surface area contributed by atoms with Crippen LogP contribution in [0.2, 0.25) is 0 Å². The molecule has 0 amide bonds. The SMILES string of the molecule is Cc1ccc(CNc2cc(S(C)(=O)=O)ccc2C)cc1F. The Hall–Kier alpha value is -1.88. The number of rotatable bonds is 4. The minimum absolute atomic E-state index is 0.240. The zero-order valence-corrected chi connectivity index (χ0v) is 13.1. The quantitative estimate of drug-likeness (QED) is 0.941. The Bertz CT molecular complexity index is 770. The number of halogens is 1. The van der Waals surface area contributed by atoms with E-state index in [2.05, 4.69) is 5.32 Å². The highest BCUT2D eigenvalue weighted by Crippen LogP contribution is 2.21. The molecule has 1 N–H and O–H groups in total. The molecule has 0 heterocycles. The third-order valence-electron chi connectivity index (χ3n) is 3.36. The lowest BCUT2D eigenvalue weighted by atomic mass is 10.1. The standard InChI is InChI=1S/C16H18FNO2S/c1-11-4-6-13(8-15(11)17)10-18-16-9-14(21(3,19)20)7-5-12(16)2/h4-9,18H,10H2,1-3H3. The second-order valence-electron chi connectivity index (χ2n) is 5.19. The molecule has 0 atom stereocenters. The maximum absolute atomic E-state index is 13.5. The predicted octanol–water partition coefficient (Wildman–Crippen LogP) is 3.46. The molecular formula is C16H18FNO2S. The topological polar surface area (TPSA) is 46.2 Å². The molecule has 0 aliphatic carbocycles. The van der Waals surface area contributed by atoms with Gasteiger partial charge in [0.15, 0.2) is 9.84 Å². The second kappa shape index (κ2) is 5.85. The number of nitrogens with one attached hydrogen (secondary N) is 1. The maximum Gasteiger partial charge on any atom is 0.175 e. The number of benzene rings is 2. The molecule has 21 heavy (non-hydrogen) atoms. The molecule has 0 aliphatic heterocycles. The molecule has 5 heteroatoms. The van der Waals surface area contributed by atoms with Gasteiger partial charge in [-0.25, -0.2) is 12.8 Å². The molecule has 0 spiro atoms. The minimum atomic E-state index is -3.24. The van der Waals surface area contributed by atoms with E-state index in [1.54, 1.807) is 31.2 Å². The Morgan fingerprint density at radius 1 is 1.05 bits per heavy atom. The lowest BCUT2D eigenvalue weighted by Gasteiger charge is -2.11. The van der Waals surface area contributed by atoms with Gasteiger partial charge in [0.25, 0.3) is 0 Å². The van der Waals surface area contributed by atoms with E-state index in [-0.39, 0.29) is 10.7 Å². The van der Waals surface area contributed by atoms with Gasteiger partial charge >= 0.3 is 0 Å². The molecule has 2 rings (SSSR count). The highest BCUT2D eigenvalue weighted by molar-refractivity contribution is 7.90.